The Labute approximate surface area is 178 Å². The number of halogens is 3. The molecule has 0 radical (unpaired) electrons. The Morgan fingerprint density at radius 2 is 1.77 bits per heavy atom. The van der Waals surface area contributed by atoms with Gasteiger partial charge in [0.1, 0.15) is 11.7 Å². The van der Waals surface area contributed by atoms with E-state index < -0.39 is 17.9 Å². The van der Waals surface area contributed by atoms with Crippen molar-refractivity contribution >= 4 is 17.6 Å². The number of benzene rings is 1. The molecule has 0 bridgehead atoms. The molecule has 31 heavy (non-hydrogen) atoms. The predicted molar refractivity (Wildman–Crippen MR) is 110 cm³/mol. The lowest BCUT2D eigenvalue weighted by molar-refractivity contribution is -0.142. The van der Waals surface area contributed by atoms with Gasteiger partial charge in [0.15, 0.2) is 0 Å². The van der Waals surface area contributed by atoms with Gasteiger partial charge in [-0.25, -0.2) is 9.48 Å². The summed E-state index contributed by atoms with van der Waals surface area (Å²) in [6.07, 6.45) is -0.853. The van der Waals surface area contributed by atoms with Gasteiger partial charge in [0.25, 0.3) is 0 Å². The van der Waals surface area contributed by atoms with Crippen LogP contribution in [0.1, 0.15) is 38.8 Å². The second kappa shape index (κ2) is 9.40. The first-order valence-electron chi connectivity index (χ1n) is 10.3. The van der Waals surface area contributed by atoms with Gasteiger partial charge in [-0.3, -0.25) is 4.79 Å². The number of alkyl halides is 3. The van der Waals surface area contributed by atoms with Crippen molar-refractivity contribution in [2.75, 3.05) is 18.4 Å². The molecule has 1 fully saturated rings. The molecule has 1 aliphatic heterocycles. The number of likely N-dealkylation sites (tertiary alicyclic amines) is 1. The molecule has 0 spiro atoms. The van der Waals surface area contributed by atoms with E-state index in [0.29, 0.717) is 25.2 Å². The maximum absolute atomic E-state index is 13.1. The van der Waals surface area contributed by atoms with Crippen molar-refractivity contribution in [1.82, 2.24) is 20.0 Å². The summed E-state index contributed by atoms with van der Waals surface area (Å²) in [5.74, 6) is -0.464. The highest BCUT2D eigenvalue weighted by molar-refractivity contribution is 5.97. The van der Waals surface area contributed by atoms with Crippen LogP contribution in [0.25, 0.3) is 5.69 Å². The molecule has 7 nitrogen and oxygen atoms in total. The van der Waals surface area contributed by atoms with Gasteiger partial charge in [0.2, 0.25) is 5.91 Å². The highest BCUT2D eigenvalue weighted by Gasteiger charge is 2.35. The van der Waals surface area contributed by atoms with Crippen LogP contribution >= 0.6 is 0 Å². The molecule has 3 rings (SSSR count). The van der Waals surface area contributed by atoms with Gasteiger partial charge in [-0.2, -0.15) is 18.3 Å². The molecular weight excluding hydrogens is 411 g/mol. The van der Waals surface area contributed by atoms with Gasteiger partial charge in [-0.15, -0.1) is 0 Å². The molecule has 0 saturated carbocycles. The van der Waals surface area contributed by atoms with Gasteiger partial charge in [-0.05, 0) is 49.1 Å². The summed E-state index contributed by atoms with van der Waals surface area (Å²) >= 11 is 0. The molecule has 1 aromatic carbocycles. The quantitative estimate of drug-likeness (QED) is 0.716. The molecule has 2 heterocycles. The number of rotatable bonds is 6. The number of carbonyl (C=O) groups excluding carboxylic acids is 2. The minimum Gasteiger partial charge on any atom is -0.326 e. The number of aromatic nitrogens is 2. The first-order chi connectivity index (χ1) is 14.7. The molecular formula is C21H26F3N5O2. The van der Waals surface area contributed by atoms with Crippen LogP contribution in [0.3, 0.4) is 0 Å². The normalized spacial score (nSPS) is 16.1. The minimum atomic E-state index is -4.53. The minimum absolute atomic E-state index is 0.0933. The zero-order valence-electron chi connectivity index (χ0n) is 17.4. The fourth-order valence-electron chi connectivity index (χ4n) is 3.48. The van der Waals surface area contributed by atoms with E-state index in [9.17, 15) is 22.8 Å². The number of nitrogens with zero attached hydrogens (tertiary/aromatic N) is 3. The average Bonchev–Trinajstić information content (AvgIpc) is 3.43. The molecule has 0 aliphatic carbocycles. The van der Waals surface area contributed by atoms with Gasteiger partial charge in [-0.1, -0.05) is 20.3 Å². The third-order valence-electron chi connectivity index (χ3n) is 5.48. The number of amides is 3. The van der Waals surface area contributed by atoms with E-state index in [1.54, 1.807) is 4.90 Å². The van der Waals surface area contributed by atoms with Crippen LogP contribution in [0.4, 0.5) is 23.7 Å². The summed E-state index contributed by atoms with van der Waals surface area (Å²) in [6.45, 7) is 5.17. The number of urea groups is 1. The summed E-state index contributed by atoms with van der Waals surface area (Å²) in [6, 6.07) is 5.82. The number of anilines is 1. The van der Waals surface area contributed by atoms with Crippen LogP contribution in [0.2, 0.25) is 0 Å². The van der Waals surface area contributed by atoms with Gasteiger partial charge in [0, 0.05) is 18.8 Å². The highest BCUT2D eigenvalue weighted by atomic mass is 19.4. The van der Waals surface area contributed by atoms with Crippen molar-refractivity contribution in [1.29, 1.82) is 0 Å². The summed E-state index contributed by atoms with van der Waals surface area (Å²) in [5, 5.41) is 9.30. The van der Waals surface area contributed by atoms with Crippen LogP contribution in [-0.2, 0) is 11.0 Å². The van der Waals surface area contributed by atoms with Crippen LogP contribution in [0.5, 0.6) is 0 Å². The lowest BCUT2D eigenvalue weighted by atomic mass is 9.98. The second-order valence-corrected chi connectivity index (χ2v) is 7.67. The van der Waals surface area contributed by atoms with E-state index in [2.05, 4.69) is 15.7 Å². The third kappa shape index (κ3) is 5.36. The van der Waals surface area contributed by atoms with Crippen molar-refractivity contribution < 1.29 is 22.8 Å². The van der Waals surface area contributed by atoms with E-state index >= 15 is 0 Å². The van der Waals surface area contributed by atoms with Gasteiger partial charge >= 0.3 is 12.2 Å². The van der Waals surface area contributed by atoms with E-state index in [1.807, 2.05) is 13.8 Å². The topological polar surface area (TPSA) is 79.3 Å². The molecule has 0 unspecified atom stereocenters. The molecule has 2 atom stereocenters. The van der Waals surface area contributed by atoms with E-state index in [0.717, 1.165) is 29.8 Å². The zero-order chi connectivity index (χ0) is 22.6. The number of carbonyl (C=O) groups is 2. The van der Waals surface area contributed by atoms with Crippen LogP contribution in [0, 0.1) is 5.92 Å². The van der Waals surface area contributed by atoms with E-state index in [1.165, 1.54) is 24.3 Å². The van der Waals surface area contributed by atoms with Crippen LogP contribution in [0.15, 0.2) is 36.5 Å². The van der Waals surface area contributed by atoms with E-state index in [4.69, 9.17) is 0 Å². The maximum atomic E-state index is 13.1. The Hall–Kier alpha value is -3.04. The molecule has 1 aromatic heterocycles. The largest absolute Gasteiger partial charge is 0.433 e. The molecule has 3 amide bonds. The lowest BCUT2D eigenvalue weighted by Crippen LogP contribution is -2.51. The molecule has 168 valence electrons. The van der Waals surface area contributed by atoms with Gasteiger partial charge < -0.3 is 15.5 Å². The summed E-state index contributed by atoms with van der Waals surface area (Å²) in [5.41, 5.74) is -0.250. The lowest BCUT2D eigenvalue weighted by Gasteiger charge is -2.26. The molecule has 2 N–H and O–H groups in total. The molecule has 1 saturated heterocycles. The second-order valence-electron chi connectivity index (χ2n) is 7.67. The Balaban J connectivity index is 1.70. The first kappa shape index (κ1) is 22.6. The standard InChI is InChI=1S/C21H26F3N5O2/c1-3-14(2)18(27-20(31)28-12-4-5-13-28)19(30)26-15-6-8-16(9-7-15)29-17(10-11-25-29)21(22,23)24/h6-11,14,18H,3-5,12-13H2,1-2H3,(H,26,30)(H,27,31)/t14-,18-/m0/s1. The fourth-order valence-corrected chi connectivity index (χ4v) is 3.48. The molecule has 2 aromatic rings. The number of nitrogens with one attached hydrogen (secondary N) is 2. The van der Waals surface area contributed by atoms with Crippen LogP contribution in [-0.4, -0.2) is 45.8 Å². The monoisotopic (exact) mass is 437 g/mol. The zero-order valence-corrected chi connectivity index (χ0v) is 17.4. The van der Waals surface area contributed by atoms with E-state index in [-0.39, 0.29) is 23.5 Å². The number of hydrogen-bond donors (Lipinski definition) is 2. The summed E-state index contributed by atoms with van der Waals surface area (Å²) in [7, 11) is 0. The summed E-state index contributed by atoms with van der Waals surface area (Å²) in [4.78, 5) is 27.0. The number of hydrogen-bond acceptors (Lipinski definition) is 3. The van der Waals surface area contributed by atoms with Gasteiger partial charge in [0.05, 0.1) is 11.9 Å². The SMILES string of the molecule is CC[C@H](C)[C@H](NC(=O)N1CCCC1)C(=O)Nc1ccc(-n2nccc2C(F)(F)F)cc1. The fraction of sp³-hybridized carbons (Fsp3) is 0.476. The van der Waals surface area contributed by atoms with Crippen molar-refractivity contribution in [3.05, 3.63) is 42.2 Å². The molecule has 10 heteroatoms. The van der Waals surface area contributed by atoms with Crippen molar-refractivity contribution in [2.24, 2.45) is 5.92 Å². The molecule has 1 aliphatic rings. The summed E-state index contributed by atoms with van der Waals surface area (Å²) < 4.78 is 40.0. The average molecular weight is 437 g/mol. The Bertz CT molecular complexity index is 904. The highest BCUT2D eigenvalue weighted by Crippen LogP contribution is 2.30. The Morgan fingerprint density at radius 3 is 2.35 bits per heavy atom. The van der Waals surface area contributed by atoms with Crippen molar-refractivity contribution in [2.45, 2.75) is 45.3 Å². The maximum Gasteiger partial charge on any atom is 0.433 e. The van der Waals surface area contributed by atoms with Crippen molar-refractivity contribution in [3.63, 3.8) is 0 Å². The first-order valence-corrected chi connectivity index (χ1v) is 10.3. The van der Waals surface area contributed by atoms with Crippen LogP contribution < -0.4 is 10.6 Å². The smallest absolute Gasteiger partial charge is 0.326 e. The van der Waals surface area contributed by atoms with Crippen molar-refractivity contribution in [3.8, 4) is 5.69 Å². The third-order valence-corrected chi connectivity index (χ3v) is 5.48. The Kier molecular flexibility index (Phi) is 6.87. The predicted octanol–water partition coefficient (Wildman–Crippen LogP) is 4.05. The Morgan fingerprint density at radius 1 is 1.13 bits per heavy atom.